The number of aromatic nitrogens is 4. The average molecular weight is 403 g/mol. The quantitative estimate of drug-likeness (QED) is 0.567. The predicted molar refractivity (Wildman–Crippen MR) is 111 cm³/mol. The van der Waals surface area contributed by atoms with Gasteiger partial charge in [-0.2, -0.15) is 5.10 Å². The molecule has 3 rings (SSSR count). The van der Waals surface area contributed by atoms with Gasteiger partial charge in [0.15, 0.2) is 4.34 Å². The summed E-state index contributed by atoms with van der Waals surface area (Å²) < 4.78 is 2.52. The second-order valence-corrected chi connectivity index (χ2v) is 8.93. The van der Waals surface area contributed by atoms with Gasteiger partial charge in [0.05, 0.1) is 11.4 Å². The summed E-state index contributed by atoms with van der Waals surface area (Å²) in [6.07, 6.45) is 1.68. The van der Waals surface area contributed by atoms with Gasteiger partial charge in [-0.05, 0) is 39.8 Å². The number of aryl methyl sites for hydroxylation is 1. The minimum absolute atomic E-state index is 0.0920. The first-order valence-corrected chi connectivity index (χ1v) is 10.3. The van der Waals surface area contributed by atoms with E-state index >= 15 is 0 Å². The Bertz CT molecular complexity index is 903. The Hall–Kier alpha value is -2.39. The Morgan fingerprint density at radius 2 is 1.89 bits per heavy atom. The third-order valence-electron chi connectivity index (χ3n) is 3.77. The third kappa shape index (κ3) is 5.08. The molecule has 0 aliphatic heterocycles. The van der Waals surface area contributed by atoms with Crippen LogP contribution in [0.5, 0.6) is 0 Å². The van der Waals surface area contributed by atoms with Crippen LogP contribution in [0.2, 0.25) is 0 Å². The number of carbonyl (C=O) groups is 1. The first-order chi connectivity index (χ1) is 12.9. The van der Waals surface area contributed by atoms with Crippen LogP contribution in [0.25, 0.3) is 0 Å². The lowest BCUT2D eigenvalue weighted by Crippen LogP contribution is -2.24. The third-order valence-corrected chi connectivity index (χ3v) is 5.79. The van der Waals surface area contributed by atoms with Crippen molar-refractivity contribution >= 4 is 45.6 Å². The van der Waals surface area contributed by atoms with Crippen molar-refractivity contribution in [2.45, 2.75) is 43.3 Å². The molecular formula is C18H22N6OS2. The van der Waals surface area contributed by atoms with Crippen LogP contribution in [-0.2, 0) is 4.79 Å². The van der Waals surface area contributed by atoms with Crippen LogP contribution in [0.3, 0.4) is 0 Å². The van der Waals surface area contributed by atoms with E-state index in [2.05, 4.69) is 25.9 Å². The van der Waals surface area contributed by atoms with Gasteiger partial charge in [-0.1, -0.05) is 40.8 Å². The molecule has 0 aliphatic carbocycles. The van der Waals surface area contributed by atoms with E-state index in [0.29, 0.717) is 10.9 Å². The molecule has 142 valence electrons. The van der Waals surface area contributed by atoms with Gasteiger partial charge in [0, 0.05) is 17.8 Å². The van der Waals surface area contributed by atoms with E-state index in [1.807, 2.05) is 52.0 Å². The van der Waals surface area contributed by atoms with Crippen LogP contribution in [0.4, 0.5) is 16.6 Å². The largest absolute Gasteiger partial charge is 0.330 e. The number of hydrogen-bond acceptors (Lipinski definition) is 7. The highest BCUT2D eigenvalue weighted by Crippen LogP contribution is 2.31. The molecule has 27 heavy (non-hydrogen) atoms. The highest BCUT2D eigenvalue weighted by Gasteiger charge is 2.19. The molecule has 3 aromatic rings. The van der Waals surface area contributed by atoms with Gasteiger partial charge in [-0.3, -0.25) is 4.79 Å². The van der Waals surface area contributed by atoms with E-state index in [0.717, 1.165) is 10.0 Å². The van der Waals surface area contributed by atoms with Crippen molar-refractivity contribution in [1.82, 2.24) is 20.0 Å². The van der Waals surface area contributed by atoms with Gasteiger partial charge in [0.2, 0.25) is 11.0 Å². The van der Waals surface area contributed by atoms with Gasteiger partial charge in [-0.25, -0.2) is 4.68 Å². The topological polar surface area (TPSA) is 84.7 Å². The van der Waals surface area contributed by atoms with E-state index in [4.69, 9.17) is 0 Å². The fourth-order valence-electron chi connectivity index (χ4n) is 2.33. The molecular weight excluding hydrogens is 380 g/mol. The Morgan fingerprint density at radius 1 is 1.15 bits per heavy atom. The Labute approximate surface area is 166 Å². The molecule has 9 heteroatoms. The van der Waals surface area contributed by atoms with Crippen LogP contribution in [0.1, 0.15) is 32.4 Å². The van der Waals surface area contributed by atoms with E-state index in [-0.39, 0.29) is 17.2 Å². The number of nitrogens with one attached hydrogen (secondary N) is 2. The summed E-state index contributed by atoms with van der Waals surface area (Å²) in [7, 11) is 0. The van der Waals surface area contributed by atoms with E-state index in [9.17, 15) is 4.79 Å². The van der Waals surface area contributed by atoms with Gasteiger partial charge in [0.1, 0.15) is 5.82 Å². The lowest BCUT2D eigenvalue weighted by molar-refractivity contribution is -0.115. The first kappa shape index (κ1) is 19.4. The molecule has 0 bridgehead atoms. The first-order valence-electron chi connectivity index (χ1n) is 8.60. The maximum absolute atomic E-state index is 12.5. The Kier molecular flexibility index (Phi) is 6.12. The van der Waals surface area contributed by atoms with Crippen LogP contribution in [0, 0.1) is 6.92 Å². The minimum Gasteiger partial charge on any atom is -0.330 e. The second kappa shape index (κ2) is 8.53. The number of anilines is 3. The summed E-state index contributed by atoms with van der Waals surface area (Å²) in [4.78, 5) is 12.5. The number of nitrogens with zero attached hydrogens (tertiary/aromatic N) is 4. The zero-order valence-electron chi connectivity index (χ0n) is 15.6. The maximum atomic E-state index is 12.5. The molecule has 0 saturated heterocycles. The smallest absolute Gasteiger partial charge is 0.238 e. The van der Waals surface area contributed by atoms with Crippen molar-refractivity contribution in [2.24, 2.45) is 0 Å². The summed E-state index contributed by atoms with van der Waals surface area (Å²) >= 11 is 2.81. The minimum atomic E-state index is -0.305. The molecule has 0 aliphatic rings. The number of amides is 1. The molecule has 0 saturated carbocycles. The predicted octanol–water partition coefficient (Wildman–Crippen LogP) is 4.49. The second-order valence-electron chi connectivity index (χ2n) is 6.37. The van der Waals surface area contributed by atoms with Crippen molar-refractivity contribution in [3.8, 4) is 0 Å². The molecule has 0 fully saturated rings. The molecule has 2 aromatic heterocycles. The highest BCUT2D eigenvalue weighted by atomic mass is 32.2. The summed E-state index contributed by atoms with van der Waals surface area (Å²) in [6.45, 7) is 7.93. The number of rotatable bonds is 7. The molecule has 1 atom stereocenters. The standard InChI is InChI=1S/C18H22N6OS2/c1-11(2)24-15(9-10-19-24)21-16(25)13(4)26-18-23-22-17(27-18)20-14-7-5-12(3)6-8-14/h5-11,13H,1-4H3,(H,20,22)(H,21,25). The fraction of sp³-hybridized carbons (Fsp3) is 0.333. The van der Waals surface area contributed by atoms with Gasteiger partial charge >= 0.3 is 0 Å². The molecule has 7 nitrogen and oxygen atoms in total. The normalized spacial score (nSPS) is 12.2. The summed E-state index contributed by atoms with van der Waals surface area (Å²) in [5.41, 5.74) is 2.16. The summed E-state index contributed by atoms with van der Waals surface area (Å²) in [6, 6.07) is 10.0. The van der Waals surface area contributed by atoms with Crippen LogP contribution in [-0.4, -0.2) is 31.1 Å². The molecule has 1 amide bonds. The van der Waals surface area contributed by atoms with Gasteiger partial charge in [0.25, 0.3) is 0 Å². The monoisotopic (exact) mass is 402 g/mol. The van der Waals surface area contributed by atoms with Crippen molar-refractivity contribution in [3.63, 3.8) is 0 Å². The van der Waals surface area contributed by atoms with E-state index in [1.165, 1.54) is 28.7 Å². The lowest BCUT2D eigenvalue weighted by atomic mass is 10.2. The molecule has 2 heterocycles. The highest BCUT2D eigenvalue weighted by molar-refractivity contribution is 8.02. The van der Waals surface area contributed by atoms with Crippen molar-refractivity contribution in [2.75, 3.05) is 10.6 Å². The average Bonchev–Trinajstić information content (AvgIpc) is 3.26. The van der Waals surface area contributed by atoms with Gasteiger partial charge in [-0.15, -0.1) is 10.2 Å². The zero-order valence-corrected chi connectivity index (χ0v) is 17.3. The molecule has 0 spiro atoms. The Morgan fingerprint density at radius 3 is 2.59 bits per heavy atom. The number of hydrogen-bond donors (Lipinski definition) is 2. The molecule has 1 unspecified atom stereocenters. The van der Waals surface area contributed by atoms with Crippen LogP contribution >= 0.6 is 23.1 Å². The molecule has 0 radical (unpaired) electrons. The van der Waals surface area contributed by atoms with E-state index in [1.54, 1.807) is 16.9 Å². The molecule has 2 N–H and O–H groups in total. The summed E-state index contributed by atoms with van der Waals surface area (Å²) in [5.74, 6) is 0.604. The molecule has 1 aromatic carbocycles. The van der Waals surface area contributed by atoms with Crippen LogP contribution < -0.4 is 10.6 Å². The Balaban J connectivity index is 1.58. The number of carbonyl (C=O) groups excluding carboxylic acids is 1. The maximum Gasteiger partial charge on any atom is 0.238 e. The van der Waals surface area contributed by atoms with Crippen molar-refractivity contribution < 1.29 is 4.79 Å². The van der Waals surface area contributed by atoms with Crippen LogP contribution in [0.15, 0.2) is 40.9 Å². The summed E-state index contributed by atoms with van der Waals surface area (Å²) in [5, 5.41) is 19.1. The zero-order chi connectivity index (χ0) is 19.4. The SMILES string of the molecule is Cc1ccc(Nc2nnc(SC(C)C(=O)Nc3ccnn3C(C)C)s2)cc1. The van der Waals surface area contributed by atoms with Gasteiger partial charge < -0.3 is 10.6 Å². The number of thioether (sulfide) groups is 1. The fourth-order valence-corrected chi connectivity index (χ4v) is 4.24. The van der Waals surface area contributed by atoms with Crippen molar-refractivity contribution in [1.29, 1.82) is 0 Å². The van der Waals surface area contributed by atoms with Crippen molar-refractivity contribution in [3.05, 3.63) is 42.1 Å². The van der Waals surface area contributed by atoms with E-state index < -0.39 is 0 Å². The lowest BCUT2D eigenvalue weighted by Gasteiger charge is -2.14. The number of benzene rings is 1.